The molecule has 0 aromatic heterocycles. The number of rotatable bonds is 5. The largest absolute Gasteiger partial charge is 0.457 e. The number of carbonyl (C=O) groups excluding carboxylic acids is 1. The van der Waals surface area contributed by atoms with Gasteiger partial charge in [0, 0.05) is 26.9 Å². The van der Waals surface area contributed by atoms with Gasteiger partial charge >= 0.3 is 5.97 Å². The van der Waals surface area contributed by atoms with Crippen molar-refractivity contribution in [3.8, 4) is 0 Å². The van der Waals surface area contributed by atoms with Gasteiger partial charge in [-0.3, -0.25) is 0 Å². The second-order valence-corrected chi connectivity index (χ2v) is 6.87. The van der Waals surface area contributed by atoms with Crippen LogP contribution < -0.4 is 5.32 Å². The van der Waals surface area contributed by atoms with Gasteiger partial charge in [0.1, 0.15) is 5.60 Å². The van der Waals surface area contributed by atoms with Crippen LogP contribution in [0.1, 0.15) is 27.2 Å². The van der Waals surface area contributed by atoms with Gasteiger partial charge in [-0.15, -0.1) is 0 Å². The number of hydrogen-bond acceptors (Lipinski definition) is 3. The summed E-state index contributed by atoms with van der Waals surface area (Å²) in [5.74, 6) is -0.310. The molecule has 1 rings (SSSR count). The van der Waals surface area contributed by atoms with Crippen molar-refractivity contribution in [2.45, 2.75) is 32.8 Å². The first-order valence-corrected chi connectivity index (χ1v) is 7.82. The van der Waals surface area contributed by atoms with Crippen LogP contribution in [0.25, 0.3) is 0 Å². The Labute approximate surface area is 138 Å². The van der Waals surface area contributed by atoms with E-state index in [0.29, 0.717) is 5.02 Å². The zero-order chi connectivity index (χ0) is 15.2. The molecular formula is C15H19ClINO2. The van der Waals surface area contributed by atoms with E-state index in [-0.39, 0.29) is 5.97 Å². The fraction of sp³-hybridized carbons (Fsp3) is 0.400. The lowest BCUT2D eigenvalue weighted by molar-refractivity contribution is -0.148. The predicted molar refractivity (Wildman–Crippen MR) is 92.3 cm³/mol. The van der Waals surface area contributed by atoms with Crippen molar-refractivity contribution in [1.29, 1.82) is 0 Å². The maximum atomic E-state index is 11.4. The second kappa shape index (κ2) is 7.88. The van der Waals surface area contributed by atoms with Crippen molar-refractivity contribution in [1.82, 2.24) is 0 Å². The van der Waals surface area contributed by atoms with Gasteiger partial charge in [-0.25, -0.2) is 4.79 Å². The van der Waals surface area contributed by atoms with E-state index in [2.05, 4.69) is 27.9 Å². The number of carbonyl (C=O) groups is 1. The summed E-state index contributed by atoms with van der Waals surface area (Å²) in [5, 5.41) is 3.99. The highest BCUT2D eigenvalue weighted by Gasteiger charge is 2.13. The third-order valence-corrected chi connectivity index (χ3v) is 3.39. The van der Waals surface area contributed by atoms with Gasteiger partial charge < -0.3 is 10.1 Å². The van der Waals surface area contributed by atoms with E-state index < -0.39 is 5.60 Å². The third kappa shape index (κ3) is 7.14. The van der Waals surface area contributed by atoms with Crippen LogP contribution in [-0.2, 0) is 9.53 Å². The summed E-state index contributed by atoms with van der Waals surface area (Å²) in [5.41, 5.74) is 0.556. The monoisotopic (exact) mass is 407 g/mol. The fourth-order valence-corrected chi connectivity index (χ4v) is 2.14. The van der Waals surface area contributed by atoms with Gasteiger partial charge in [0.2, 0.25) is 0 Å². The standard InChI is InChI=1S/C15H19ClINO2/c1-15(2,3)20-14(19)6-4-5-9-18-13-10-11(16)7-8-12(13)17/h4,6-8,10,18H,5,9H2,1-3H3/b6-4+. The van der Waals surface area contributed by atoms with E-state index in [9.17, 15) is 4.79 Å². The van der Waals surface area contributed by atoms with Gasteiger partial charge in [-0.2, -0.15) is 0 Å². The van der Waals surface area contributed by atoms with Gasteiger partial charge in [0.25, 0.3) is 0 Å². The maximum Gasteiger partial charge on any atom is 0.330 e. The Hall–Kier alpha value is -0.750. The molecule has 0 saturated carbocycles. The highest BCUT2D eigenvalue weighted by atomic mass is 127. The highest BCUT2D eigenvalue weighted by molar-refractivity contribution is 14.1. The lowest BCUT2D eigenvalue weighted by Crippen LogP contribution is -2.22. The van der Waals surface area contributed by atoms with E-state index in [1.165, 1.54) is 6.08 Å². The first-order valence-electron chi connectivity index (χ1n) is 6.36. The lowest BCUT2D eigenvalue weighted by Gasteiger charge is -2.17. The van der Waals surface area contributed by atoms with Gasteiger partial charge in [-0.05, 0) is 68.0 Å². The van der Waals surface area contributed by atoms with Gasteiger partial charge in [-0.1, -0.05) is 17.7 Å². The van der Waals surface area contributed by atoms with Crippen molar-refractivity contribution in [2.24, 2.45) is 0 Å². The summed E-state index contributed by atoms with van der Waals surface area (Å²) >= 11 is 8.19. The molecule has 0 radical (unpaired) electrons. The average molecular weight is 408 g/mol. The Bertz CT molecular complexity index is 495. The number of esters is 1. The molecule has 110 valence electrons. The van der Waals surface area contributed by atoms with Crippen LogP contribution in [-0.4, -0.2) is 18.1 Å². The molecular weight excluding hydrogens is 389 g/mol. The molecule has 0 heterocycles. The second-order valence-electron chi connectivity index (χ2n) is 5.28. The minimum Gasteiger partial charge on any atom is -0.457 e. The Morgan fingerprint density at radius 1 is 1.45 bits per heavy atom. The average Bonchev–Trinajstić information content (AvgIpc) is 2.30. The zero-order valence-electron chi connectivity index (χ0n) is 11.9. The first-order chi connectivity index (χ1) is 9.28. The first kappa shape index (κ1) is 17.3. The van der Waals surface area contributed by atoms with E-state index >= 15 is 0 Å². The molecule has 0 aliphatic rings. The van der Waals surface area contributed by atoms with E-state index in [4.69, 9.17) is 16.3 Å². The predicted octanol–water partition coefficient (Wildman–Crippen LogP) is 4.64. The Balaban J connectivity index is 2.35. The quantitative estimate of drug-likeness (QED) is 0.334. The number of nitrogens with one attached hydrogen (secondary N) is 1. The minimum atomic E-state index is -0.448. The molecule has 0 aliphatic heterocycles. The summed E-state index contributed by atoms with van der Waals surface area (Å²) in [6.45, 7) is 6.28. The molecule has 0 aliphatic carbocycles. The molecule has 1 N–H and O–H groups in total. The van der Waals surface area contributed by atoms with Crippen LogP contribution in [0.3, 0.4) is 0 Å². The topological polar surface area (TPSA) is 38.3 Å². The molecule has 0 spiro atoms. The Morgan fingerprint density at radius 3 is 2.80 bits per heavy atom. The molecule has 0 unspecified atom stereocenters. The molecule has 0 bridgehead atoms. The van der Waals surface area contributed by atoms with Crippen molar-refractivity contribution in [3.05, 3.63) is 38.9 Å². The minimum absolute atomic E-state index is 0.310. The molecule has 0 atom stereocenters. The number of ether oxygens (including phenoxy) is 1. The van der Waals surface area contributed by atoms with Crippen LogP contribution in [0.2, 0.25) is 5.02 Å². The Morgan fingerprint density at radius 2 is 2.15 bits per heavy atom. The van der Waals surface area contributed by atoms with Crippen LogP contribution >= 0.6 is 34.2 Å². The van der Waals surface area contributed by atoms with Gasteiger partial charge in [0.15, 0.2) is 0 Å². The SMILES string of the molecule is CC(C)(C)OC(=O)/C=C/CCNc1cc(Cl)ccc1I. The fourth-order valence-electron chi connectivity index (χ4n) is 1.44. The number of hydrogen-bond donors (Lipinski definition) is 1. The molecule has 5 heteroatoms. The van der Waals surface area contributed by atoms with Gasteiger partial charge in [0.05, 0.1) is 0 Å². The summed E-state index contributed by atoms with van der Waals surface area (Å²) in [4.78, 5) is 11.4. The zero-order valence-corrected chi connectivity index (χ0v) is 14.8. The normalized spacial score (nSPS) is 11.7. The van der Waals surface area contributed by atoms with E-state index in [1.807, 2.05) is 39.0 Å². The van der Waals surface area contributed by atoms with Crippen molar-refractivity contribution in [3.63, 3.8) is 0 Å². The molecule has 1 aromatic rings. The molecule has 0 fully saturated rings. The molecule has 0 amide bonds. The van der Waals surface area contributed by atoms with Crippen molar-refractivity contribution in [2.75, 3.05) is 11.9 Å². The summed E-state index contributed by atoms with van der Waals surface area (Å²) in [6, 6.07) is 5.71. The molecule has 0 saturated heterocycles. The molecule has 3 nitrogen and oxygen atoms in total. The van der Waals surface area contributed by atoms with Crippen LogP contribution in [0.5, 0.6) is 0 Å². The summed E-state index contributed by atoms with van der Waals surface area (Å²) in [7, 11) is 0. The number of benzene rings is 1. The van der Waals surface area contributed by atoms with Crippen molar-refractivity contribution < 1.29 is 9.53 Å². The van der Waals surface area contributed by atoms with Crippen LogP contribution in [0.4, 0.5) is 5.69 Å². The van der Waals surface area contributed by atoms with Crippen molar-refractivity contribution >= 4 is 45.8 Å². The highest BCUT2D eigenvalue weighted by Crippen LogP contribution is 2.22. The lowest BCUT2D eigenvalue weighted by atomic mass is 10.2. The maximum absolute atomic E-state index is 11.4. The van der Waals surface area contributed by atoms with Crippen LogP contribution in [0, 0.1) is 3.57 Å². The summed E-state index contributed by atoms with van der Waals surface area (Å²) < 4.78 is 6.29. The number of anilines is 1. The summed E-state index contributed by atoms with van der Waals surface area (Å²) in [6.07, 6.45) is 4.01. The number of halogens is 2. The van der Waals surface area contributed by atoms with Crippen LogP contribution in [0.15, 0.2) is 30.4 Å². The third-order valence-electron chi connectivity index (χ3n) is 2.22. The van der Waals surface area contributed by atoms with E-state index in [0.717, 1.165) is 22.2 Å². The smallest absolute Gasteiger partial charge is 0.330 e. The Kier molecular flexibility index (Phi) is 6.82. The van der Waals surface area contributed by atoms with E-state index in [1.54, 1.807) is 6.08 Å². The molecule has 20 heavy (non-hydrogen) atoms. The molecule has 1 aromatic carbocycles.